The Bertz CT molecular complexity index is 707. The zero-order valence-corrected chi connectivity index (χ0v) is 12.6. The van der Waals surface area contributed by atoms with Gasteiger partial charge in [-0.2, -0.15) is 5.26 Å². The quantitative estimate of drug-likeness (QED) is 0.936. The molecule has 0 radical (unpaired) electrons. The molecule has 0 saturated heterocycles. The van der Waals surface area contributed by atoms with Crippen LogP contribution in [0, 0.1) is 25.2 Å². The number of nitrogens with one attached hydrogen (secondary N) is 1. The summed E-state index contributed by atoms with van der Waals surface area (Å²) in [5.41, 5.74) is 3.95. The summed E-state index contributed by atoms with van der Waals surface area (Å²) in [5.74, 6) is -0.210. The molecule has 1 amide bonds. The van der Waals surface area contributed by atoms with E-state index in [0.29, 0.717) is 17.8 Å². The predicted molar refractivity (Wildman–Crippen MR) is 82.6 cm³/mol. The van der Waals surface area contributed by atoms with Crippen molar-refractivity contribution in [3.8, 4) is 11.8 Å². The van der Waals surface area contributed by atoms with Crippen LogP contribution in [0.4, 0.5) is 0 Å². The number of aryl methyl sites for hydroxylation is 2. The van der Waals surface area contributed by atoms with Crippen LogP contribution in [-0.4, -0.2) is 17.0 Å². The standard InChI is InChI=1S/C17H19N3O/c1-4-8-19-17(21)16-14(11-18)7-9-20(16)15-6-5-12(2)10-13(15)3/h5-7,9-10H,4,8H2,1-3H3,(H,19,21). The Labute approximate surface area is 125 Å². The van der Waals surface area contributed by atoms with Crippen LogP contribution in [0.2, 0.25) is 0 Å². The Morgan fingerprint density at radius 2 is 2.10 bits per heavy atom. The van der Waals surface area contributed by atoms with Gasteiger partial charge in [-0.1, -0.05) is 24.6 Å². The second-order valence-electron chi connectivity index (χ2n) is 5.11. The first-order valence-electron chi connectivity index (χ1n) is 7.05. The van der Waals surface area contributed by atoms with Gasteiger partial charge in [0, 0.05) is 18.4 Å². The molecule has 0 fully saturated rings. The molecule has 0 saturated carbocycles. The van der Waals surface area contributed by atoms with Crippen molar-refractivity contribution >= 4 is 5.91 Å². The van der Waals surface area contributed by atoms with Crippen molar-refractivity contribution < 1.29 is 4.79 Å². The fraction of sp³-hybridized carbons (Fsp3) is 0.294. The summed E-state index contributed by atoms with van der Waals surface area (Å²) in [4.78, 5) is 12.3. The van der Waals surface area contributed by atoms with Crippen LogP contribution < -0.4 is 5.32 Å². The summed E-state index contributed by atoms with van der Waals surface area (Å²) >= 11 is 0. The van der Waals surface area contributed by atoms with Gasteiger partial charge in [-0.15, -0.1) is 0 Å². The highest BCUT2D eigenvalue weighted by atomic mass is 16.1. The Morgan fingerprint density at radius 1 is 1.33 bits per heavy atom. The van der Waals surface area contributed by atoms with Crippen molar-refractivity contribution in [3.05, 3.63) is 52.8 Å². The number of hydrogen-bond acceptors (Lipinski definition) is 2. The summed E-state index contributed by atoms with van der Waals surface area (Å²) < 4.78 is 1.79. The molecule has 0 aliphatic rings. The molecule has 2 aromatic rings. The van der Waals surface area contributed by atoms with Crippen molar-refractivity contribution in [3.63, 3.8) is 0 Å². The van der Waals surface area contributed by atoms with Gasteiger partial charge in [-0.25, -0.2) is 0 Å². The van der Waals surface area contributed by atoms with Crippen molar-refractivity contribution in [1.29, 1.82) is 5.26 Å². The van der Waals surface area contributed by atoms with Crippen LogP contribution in [0.15, 0.2) is 30.5 Å². The number of benzene rings is 1. The molecule has 4 nitrogen and oxygen atoms in total. The minimum atomic E-state index is -0.210. The Hall–Kier alpha value is -2.54. The van der Waals surface area contributed by atoms with E-state index in [4.69, 9.17) is 0 Å². The summed E-state index contributed by atoms with van der Waals surface area (Å²) in [6.45, 7) is 6.63. The van der Waals surface area contributed by atoms with E-state index in [9.17, 15) is 10.1 Å². The minimum absolute atomic E-state index is 0.210. The number of carbonyl (C=O) groups is 1. The maximum atomic E-state index is 12.3. The lowest BCUT2D eigenvalue weighted by molar-refractivity contribution is 0.0946. The lowest BCUT2D eigenvalue weighted by Crippen LogP contribution is -2.27. The second-order valence-corrected chi connectivity index (χ2v) is 5.11. The van der Waals surface area contributed by atoms with Gasteiger partial charge in [-0.05, 0) is 38.0 Å². The smallest absolute Gasteiger partial charge is 0.269 e. The highest BCUT2D eigenvalue weighted by Crippen LogP contribution is 2.21. The predicted octanol–water partition coefficient (Wildman–Crippen LogP) is 3.11. The van der Waals surface area contributed by atoms with Crippen LogP contribution in [0.25, 0.3) is 5.69 Å². The third-order valence-corrected chi connectivity index (χ3v) is 3.37. The van der Waals surface area contributed by atoms with Crippen LogP contribution in [0.5, 0.6) is 0 Å². The average molecular weight is 281 g/mol. The lowest BCUT2D eigenvalue weighted by Gasteiger charge is -2.13. The van der Waals surface area contributed by atoms with Crippen molar-refractivity contribution in [2.75, 3.05) is 6.54 Å². The number of amides is 1. The van der Waals surface area contributed by atoms with Gasteiger partial charge in [0.15, 0.2) is 0 Å². The van der Waals surface area contributed by atoms with Gasteiger partial charge in [0.2, 0.25) is 0 Å². The van der Waals surface area contributed by atoms with Crippen LogP contribution in [0.1, 0.15) is 40.5 Å². The third-order valence-electron chi connectivity index (χ3n) is 3.37. The lowest BCUT2D eigenvalue weighted by atomic mass is 10.1. The molecule has 1 aromatic carbocycles. The molecule has 21 heavy (non-hydrogen) atoms. The van der Waals surface area contributed by atoms with Gasteiger partial charge < -0.3 is 9.88 Å². The highest BCUT2D eigenvalue weighted by Gasteiger charge is 2.18. The molecule has 1 aromatic heterocycles. The second kappa shape index (κ2) is 6.27. The Kier molecular flexibility index (Phi) is 4.44. The molecule has 2 rings (SSSR count). The molecule has 4 heteroatoms. The molecule has 0 aliphatic heterocycles. The van der Waals surface area contributed by atoms with Crippen LogP contribution in [0.3, 0.4) is 0 Å². The zero-order chi connectivity index (χ0) is 15.4. The van der Waals surface area contributed by atoms with E-state index in [1.807, 2.05) is 32.9 Å². The van der Waals surface area contributed by atoms with Crippen molar-refractivity contribution in [2.45, 2.75) is 27.2 Å². The van der Waals surface area contributed by atoms with Crippen LogP contribution in [-0.2, 0) is 0 Å². The van der Waals surface area contributed by atoms with Crippen molar-refractivity contribution in [2.24, 2.45) is 0 Å². The number of nitrogens with zero attached hydrogens (tertiary/aromatic N) is 2. The molecule has 108 valence electrons. The number of hydrogen-bond donors (Lipinski definition) is 1. The summed E-state index contributed by atoms with van der Waals surface area (Å²) in [6, 6.07) is 9.81. The first kappa shape index (κ1) is 14.9. The van der Waals surface area contributed by atoms with E-state index in [-0.39, 0.29) is 5.91 Å². The monoisotopic (exact) mass is 281 g/mol. The maximum absolute atomic E-state index is 12.3. The topological polar surface area (TPSA) is 57.8 Å². The molecule has 0 spiro atoms. The van der Waals surface area contributed by atoms with E-state index in [1.165, 1.54) is 5.56 Å². The number of nitriles is 1. The molecular formula is C17H19N3O. The van der Waals surface area contributed by atoms with Crippen molar-refractivity contribution in [1.82, 2.24) is 9.88 Å². The van der Waals surface area contributed by atoms with Gasteiger partial charge in [0.25, 0.3) is 5.91 Å². The fourth-order valence-electron chi connectivity index (χ4n) is 2.35. The van der Waals surface area contributed by atoms with Crippen LogP contribution >= 0.6 is 0 Å². The summed E-state index contributed by atoms with van der Waals surface area (Å²) in [6.07, 6.45) is 2.63. The van der Waals surface area contributed by atoms with E-state index in [1.54, 1.807) is 16.8 Å². The zero-order valence-electron chi connectivity index (χ0n) is 12.6. The van der Waals surface area contributed by atoms with E-state index < -0.39 is 0 Å². The fourth-order valence-corrected chi connectivity index (χ4v) is 2.35. The Balaban J connectivity index is 2.52. The number of aromatic nitrogens is 1. The first-order chi connectivity index (χ1) is 10.1. The highest BCUT2D eigenvalue weighted by molar-refractivity contribution is 5.96. The minimum Gasteiger partial charge on any atom is -0.351 e. The molecule has 0 atom stereocenters. The molecular weight excluding hydrogens is 262 g/mol. The molecule has 1 N–H and O–H groups in total. The van der Waals surface area contributed by atoms with E-state index >= 15 is 0 Å². The largest absolute Gasteiger partial charge is 0.351 e. The van der Waals surface area contributed by atoms with E-state index in [2.05, 4.69) is 17.5 Å². The first-order valence-corrected chi connectivity index (χ1v) is 7.05. The van der Waals surface area contributed by atoms with Gasteiger partial charge >= 0.3 is 0 Å². The molecule has 0 aliphatic carbocycles. The van der Waals surface area contributed by atoms with Gasteiger partial charge in [0.1, 0.15) is 11.8 Å². The molecule has 0 bridgehead atoms. The van der Waals surface area contributed by atoms with Gasteiger partial charge in [0.05, 0.1) is 5.56 Å². The normalized spacial score (nSPS) is 10.2. The maximum Gasteiger partial charge on any atom is 0.269 e. The average Bonchev–Trinajstić information content (AvgIpc) is 2.88. The third kappa shape index (κ3) is 2.97. The van der Waals surface area contributed by atoms with Gasteiger partial charge in [-0.3, -0.25) is 4.79 Å². The molecule has 0 unspecified atom stereocenters. The number of rotatable bonds is 4. The SMILES string of the molecule is CCCNC(=O)c1c(C#N)ccn1-c1ccc(C)cc1C. The van der Waals surface area contributed by atoms with E-state index in [0.717, 1.165) is 17.7 Å². The Morgan fingerprint density at radius 3 is 2.71 bits per heavy atom. The molecule has 1 heterocycles. The number of carbonyl (C=O) groups excluding carboxylic acids is 1. The summed E-state index contributed by atoms with van der Waals surface area (Å²) in [5, 5.41) is 12.1. The summed E-state index contributed by atoms with van der Waals surface area (Å²) in [7, 11) is 0.